The predicted octanol–water partition coefficient (Wildman–Crippen LogP) is 0.0515. The zero-order valence-corrected chi connectivity index (χ0v) is 11.9. The van der Waals surface area contributed by atoms with Crippen molar-refractivity contribution in [2.45, 2.75) is 50.8 Å². The molecule has 1 aliphatic heterocycles. The van der Waals surface area contributed by atoms with Crippen LogP contribution in [0.25, 0.3) is 0 Å². The van der Waals surface area contributed by atoms with Crippen LogP contribution in [0.3, 0.4) is 0 Å². The maximum atomic E-state index is 10.5. The topological polar surface area (TPSA) is 93.5 Å². The van der Waals surface area contributed by atoms with Crippen molar-refractivity contribution in [3.05, 3.63) is 34.9 Å². The fourth-order valence-electron chi connectivity index (χ4n) is 2.90. The molecule has 1 fully saturated rings. The third-order valence-corrected chi connectivity index (χ3v) is 3.93. The molecule has 112 valence electrons. The summed E-state index contributed by atoms with van der Waals surface area (Å²) in [6, 6.07) is 0. The van der Waals surface area contributed by atoms with Crippen LogP contribution in [0.15, 0.2) is 34.9 Å². The van der Waals surface area contributed by atoms with Crippen LogP contribution >= 0.6 is 0 Å². The van der Waals surface area contributed by atoms with Gasteiger partial charge in [-0.3, -0.25) is 0 Å². The largest absolute Gasteiger partial charge is 0.392 e. The summed E-state index contributed by atoms with van der Waals surface area (Å²) in [5.74, 6) is 0. The molecule has 5 atom stereocenters. The van der Waals surface area contributed by atoms with Gasteiger partial charge in [-0.2, -0.15) is 0 Å². The van der Waals surface area contributed by atoms with Crippen molar-refractivity contribution in [3.8, 4) is 0 Å². The van der Waals surface area contributed by atoms with Crippen LogP contribution in [-0.2, 0) is 4.74 Å². The zero-order chi connectivity index (χ0) is 15.1. The number of rotatable bonds is 4. The van der Waals surface area contributed by atoms with Crippen LogP contribution in [-0.4, -0.2) is 57.0 Å². The lowest BCUT2D eigenvalue weighted by Gasteiger charge is -2.32. The molecule has 0 unspecified atom stereocenters. The van der Waals surface area contributed by atoms with E-state index in [-0.39, 0.29) is 6.61 Å². The summed E-state index contributed by atoms with van der Waals surface area (Å²) in [6.45, 7) is 5.10. The van der Waals surface area contributed by atoms with Crippen molar-refractivity contribution in [2.75, 3.05) is 6.61 Å². The molecule has 20 heavy (non-hydrogen) atoms. The highest BCUT2D eigenvalue weighted by molar-refractivity contribution is 5.45. The molecule has 0 aromatic carbocycles. The van der Waals surface area contributed by atoms with Gasteiger partial charge in [0.15, 0.2) is 5.60 Å². The van der Waals surface area contributed by atoms with Crippen molar-refractivity contribution >= 4 is 0 Å². The molecule has 5 nitrogen and oxygen atoms in total. The second-order valence-corrected chi connectivity index (χ2v) is 5.57. The van der Waals surface area contributed by atoms with E-state index in [4.69, 9.17) is 4.74 Å². The second kappa shape index (κ2) is 5.42. The van der Waals surface area contributed by atoms with Crippen LogP contribution in [0.1, 0.15) is 20.8 Å². The van der Waals surface area contributed by atoms with Gasteiger partial charge in [0.1, 0.15) is 24.4 Å². The monoisotopic (exact) mass is 282 g/mol. The molecule has 4 N–H and O–H groups in total. The molecule has 0 radical (unpaired) electrons. The van der Waals surface area contributed by atoms with Crippen LogP contribution in [0.2, 0.25) is 0 Å². The normalized spacial score (nSPS) is 37.9. The first-order chi connectivity index (χ1) is 9.40. The number of epoxide rings is 1. The first-order valence-corrected chi connectivity index (χ1v) is 6.73. The zero-order valence-electron chi connectivity index (χ0n) is 11.9. The Morgan fingerprint density at radius 1 is 1.40 bits per heavy atom. The maximum Gasteiger partial charge on any atom is 0.157 e. The summed E-state index contributed by atoms with van der Waals surface area (Å²) in [6.07, 6.45) is 1.14. The van der Waals surface area contributed by atoms with Gasteiger partial charge >= 0.3 is 0 Å². The molecule has 1 aliphatic carbocycles. The smallest absolute Gasteiger partial charge is 0.157 e. The van der Waals surface area contributed by atoms with E-state index in [1.54, 1.807) is 25.2 Å². The van der Waals surface area contributed by atoms with Gasteiger partial charge in [-0.1, -0.05) is 23.8 Å². The van der Waals surface area contributed by atoms with Crippen molar-refractivity contribution in [1.29, 1.82) is 0 Å². The number of aliphatic hydroxyl groups is 4. The van der Waals surface area contributed by atoms with Gasteiger partial charge < -0.3 is 25.2 Å². The van der Waals surface area contributed by atoms with E-state index in [1.807, 2.05) is 13.8 Å². The molecule has 0 spiro atoms. The lowest BCUT2D eigenvalue weighted by molar-refractivity contribution is 0.0222. The minimum Gasteiger partial charge on any atom is -0.392 e. The first kappa shape index (κ1) is 15.4. The Kier molecular flexibility index (Phi) is 4.18. The maximum absolute atomic E-state index is 10.5. The minimum absolute atomic E-state index is 0.345. The van der Waals surface area contributed by atoms with E-state index in [0.717, 1.165) is 5.57 Å². The van der Waals surface area contributed by atoms with E-state index in [0.29, 0.717) is 11.1 Å². The summed E-state index contributed by atoms with van der Waals surface area (Å²) in [7, 11) is 0. The molecule has 5 heteroatoms. The molecule has 0 aromatic rings. The molecular weight excluding hydrogens is 260 g/mol. The highest BCUT2D eigenvalue weighted by atomic mass is 16.6. The highest BCUT2D eigenvalue weighted by Gasteiger charge is 2.71. The molecule has 2 aliphatic rings. The summed E-state index contributed by atoms with van der Waals surface area (Å²) in [5, 5.41) is 40.4. The van der Waals surface area contributed by atoms with Gasteiger partial charge in [-0.25, -0.2) is 0 Å². The Bertz CT molecular complexity index is 475. The highest BCUT2D eigenvalue weighted by Crippen LogP contribution is 2.52. The van der Waals surface area contributed by atoms with E-state index in [9.17, 15) is 20.4 Å². The molecule has 0 aromatic heterocycles. The molecule has 1 saturated heterocycles. The lowest BCUT2D eigenvalue weighted by atomic mass is 9.76. The fraction of sp³-hybridized carbons (Fsp3) is 0.600. The Balaban J connectivity index is 2.43. The van der Waals surface area contributed by atoms with Gasteiger partial charge in [0.05, 0.1) is 6.61 Å². The number of aliphatic hydroxyl groups excluding tert-OH is 4. The van der Waals surface area contributed by atoms with Crippen LogP contribution in [0, 0.1) is 0 Å². The van der Waals surface area contributed by atoms with Gasteiger partial charge in [0.25, 0.3) is 0 Å². The van der Waals surface area contributed by atoms with Gasteiger partial charge in [-0.05, 0) is 31.9 Å². The first-order valence-electron chi connectivity index (χ1n) is 6.73. The quantitative estimate of drug-likeness (QED) is 0.432. The Morgan fingerprint density at radius 2 is 2.05 bits per heavy atom. The van der Waals surface area contributed by atoms with Crippen LogP contribution in [0.4, 0.5) is 0 Å². The SMILES string of the molecule is C/C=C/C1=C(CO)[C@@H](O)[C@@H]2O[C@]2([C@H](O)C=C(C)C)[C@H]1O. The molecule has 0 saturated carbocycles. The van der Waals surface area contributed by atoms with Gasteiger partial charge in [0.2, 0.25) is 0 Å². The lowest BCUT2D eigenvalue weighted by Crippen LogP contribution is -2.50. The van der Waals surface area contributed by atoms with Gasteiger partial charge in [0, 0.05) is 0 Å². The molecule has 1 heterocycles. The standard InChI is InChI=1S/C15H22O5/c1-4-5-9-10(7-16)12(18)14-15(20-14,13(9)19)11(17)6-8(2)3/h4-6,11-14,16-19H,7H2,1-3H3/b5-4+/t11-,12-,13+,14+,15-/m1/s1. The number of hydrogen-bond acceptors (Lipinski definition) is 5. The Hall–Kier alpha value is -0.980. The van der Waals surface area contributed by atoms with Crippen molar-refractivity contribution < 1.29 is 25.2 Å². The number of hydrogen-bond donors (Lipinski definition) is 4. The minimum atomic E-state index is -1.22. The summed E-state index contributed by atoms with van der Waals surface area (Å²) in [4.78, 5) is 0. The number of allylic oxidation sites excluding steroid dienone is 2. The Morgan fingerprint density at radius 3 is 2.55 bits per heavy atom. The van der Waals surface area contributed by atoms with Crippen molar-refractivity contribution in [1.82, 2.24) is 0 Å². The molecular formula is C15H22O5. The molecule has 0 bridgehead atoms. The summed E-state index contributed by atoms with van der Waals surface area (Å²) in [5.41, 5.74) is 0.437. The fourth-order valence-corrected chi connectivity index (χ4v) is 2.90. The third kappa shape index (κ3) is 2.16. The van der Waals surface area contributed by atoms with Crippen LogP contribution in [0.5, 0.6) is 0 Å². The third-order valence-electron chi connectivity index (χ3n) is 3.93. The molecule has 0 amide bonds. The predicted molar refractivity (Wildman–Crippen MR) is 74.0 cm³/mol. The van der Waals surface area contributed by atoms with E-state index < -0.39 is 30.0 Å². The van der Waals surface area contributed by atoms with E-state index in [2.05, 4.69) is 0 Å². The average molecular weight is 282 g/mol. The Labute approximate surface area is 118 Å². The van der Waals surface area contributed by atoms with Crippen molar-refractivity contribution in [3.63, 3.8) is 0 Å². The average Bonchev–Trinajstić information content (AvgIpc) is 3.13. The van der Waals surface area contributed by atoms with Gasteiger partial charge in [-0.15, -0.1) is 0 Å². The molecule has 2 rings (SSSR count). The number of ether oxygens (including phenoxy) is 1. The number of fused-ring (bicyclic) bond motifs is 1. The van der Waals surface area contributed by atoms with E-state index in [1.165, 1.54) is 0 Å². The van der Waals surface area contributed by atoms with Crippen LogP contribution < -0.4 is 0 Å². The summed E-state index contributed by atoms with van der Waals surface area (Å²) >= 11 is 0. The van der Waals surface area contributed by atoms with E-state index >= 15 is 0 Å². The summed E-state index contributed by atoms with van der Waals surface area (Å²) < 4.78 is 5.48. The van der Waals surface area contributed by atoms with Crippen molar-refractivity contribution in [2.24, 2.45) is 0 Å². The second-order valence-electron chi connectivity index (χ2n) is 5.57.